The van der Waals surface area contributed by atoms with Gasteiger partial charge in [0, 0.05) is 23.3 Å². The maximum Gasteiger partial charge on any atom is 0.312 e. The number of aromatic nitrogens is 2. The number of ether oxygens (including phenoxy) is 1. The largest absolute Gasteiger partial charge is 0.466 e. The molecule has 4 nitrogen and oxygen atoms in total. The lowest BCUT2D eigenvalue weighted by Crippen LogP contribution is -2.07. The SMILES string of the molecule is CCOC(=O)Cc1nc(-c2cc[nH]c2)cs1. The van der Waals surface area contributed by atoms with Crippen molar-refractivity contribution in [2.45, 2.75) is 13.3 Å². The molecular formula is C11H12N2O2S. The van der Waals surface area contributed by atoms with Crippen LogP contribution in [0.4, 0.5) is 0 Å². The lowest BCUT2D eigenvalue weighted by molar-refractivity contribution is -0.142. The van der Waals surface area contributed by atoms with Crippen molar-refractivity contribution in [2.75, 3.05) is 6.61 Å². The van der Waals surface area contributed by atoms with Crippen LogP contribution >= 0.6 is 11.3 Å². The number of carbonyl (C=O) groups excluding carboxylic acids is 1. The van der Waals surface area contributed by atoms with E-state index in [-0.39, 0.29) is 12.4 Å². The molecule has 0 aliphatic heterocycles. The Bertz CT molecular complexity index is 462. The van der Waals surface area contributed by atoms with Gasteiger partial charge >= 0.3 is 5.97 Å². The Morgan fingerprint density at radius 1 is 1.62 bits per heavy atom. The number of thiazole rings is 1. The molecule has 2 heterocycles. The van der Waals surface area contributed by atoms with E-state index in [1.54, 1.807) is 6.92 Å². The fraction of sp³-hybridized carbons (Fsp3) is 0.273. The van der Waals surface area contributed by atoms with E-state index in [0.717, 1.165) is 16.3 Å². The minimum atomic E-state index is -0.225. The number of H-pyrrole nitrogens is 1. The van der Waals surface area contributed by atoms with Crippen LogP contribution < -0.4 is 0 Å². The Morgan fingerprint density at radius 2 is 2.50 bits per heavy atom. The van der Waals surface area contributed by atoms with Crippen LogP contribution in [0.15, 0.2) is 23.8 Å². The monoisotopic (exact) mass is 236 g/mol. The van der Waals surface area contributed by atoms with Crippen molar-refractivity contribution in [1.29, 1.82) is 0 Å². The van der Waals surface area contributed by atoms with E-state index in [1.165, 1.54) is 11.3 Å². The predicted molar refractivity (Wildman–Crippen MR) is 62.2 cm³/mol. The molecule has 0 saturated carbocycles. The quantitative estimate of drug-likeness (QED) is 0.828. The zero-order chi connectivity index (χ0) is 11.4. The van der Waals surface area contributed by atoms with E-state index >= 15 is 0 Å². The van der Waals surface area contributed by atoms with Crippen LogP contribution in [0, 0.1) is 0 Å². The summed E-state index contributed by atoms with van der Waals surface area (Å²) in [6, 6.07) is 1.95. The number of esters is 1. The maximum atomic E-state index is 11.2. The Hall–Kier alpha value is -1.62. The predicted octanol–water partition coefficient (Wildman–Crippen LogP) is 2.24. The first-order valence-electron chi connectivity index (χ1n) is 5.02. The van der Waals surface area contributed by atoms with Gasteiger partial charge in [-0.15, -0.1) is 11.3 Å². The highest BCUT2D eigenvalue weighted by Crippen LogP contribution is 2.21. The Balaban J connectivity index is 2.06. The van der Waals surface area contributed by atoms with Crippen LogP contribution in [0.1, 0.15) is 11.9 Å². The average Bonchev–Trinajstić information content (AvgIpc) is 2.86. The molecule has 2 aromatic rings. The molecule has 0 unspecified atom stereocenters. The van der Waals surface area contributed by atoms with Gasteiger partial charge in [-0.25, -0.2) is 4.98 Å². The first-order valence-corrected chi connectivity index (χ1v) is 5.90. The molecule has 5 heteroatoms. The van der Waals surface area contributed by atoms with Crippen molar-refractivity contribution in [3.8, 4) is 11.3 Å². The summed E-state index contributed by atoms with van der Waals surface area (Å²) < 4.78 is 4.87. The van der Waals surface area contributed by atoms with Gasteiger partial charge < -0.3 is 9.72 Å². The molecule has 2 aromatic heterocycles. The van der Waals surface area contributed by atoms with Gasteiger partial charge in [-0.05, 0) is 13.0 Å². The maximum absolute atomic E-state index is 11.2. The highest BCUT2D eigenvalue weighted by molar-refractivity contribution is 7.10. The second-order valence-corrected chi connectivity index (χ2v) is 4.15. The molecule has 0 bridgehead atoms. The standard InChI is InChI=1S/C11H12N2O2S/c1-2-15-11(14)5-10-13-9(7-16-10)8-3-4-12-6-8/h3-4,6-7,12H,2,5H2,1H3. The lowest BCUT2D eigenvalue weighted by atomic mass is 10.3. The van der Waals surface area contributed by atoms with Gasteiger partial charge in [0.1, 0.15) is 5.01 Å². The van der Waals surface area contributed by atoms with Crippen LogP contribution in [-0.4, -0.2) is 22.5 Å². The zero-order valence-electron chi connectivity index (χ0n) is 8.90. The molecule has 0 aromatic carbocycles. The smallest absolute Gasteiger partial charge is 0.312 e. The summed E-state index contributed by atoms with van der Waals surface area (Å²) in [5, 5.41) is 2.73. The molecule has 0 radical (unpaired) electrons. The molecule has 0 aliphatic rings. The van der Waals surface area contributed by atoms with Crippen LogP contribution in [-0.2, 0) is 16.0 Å². The number of carbonyl (C=O) groups is 1. The van der Waals surface area contributed by atoms with Gasteiger partial charge in [0.15, 0.2) is 0 Å². The summed E-state index contributed by atoms with van der Waals surface area (Å²) in [6.07, 6.45) is 3.98. The second-order valence-electron chi connectivity index (χ2n) is 3.21. The number of hydrogen-bond donors (Lipinski definition) is 1. The molecule has 84 valence electrons. The van der Waals surface area contributed by atoms with Crippen LogP contribution in [0.3, 0.4) is 0 Å². The van der Waals surface area contributed by atoms with Gasteiger partial charge in [-0.2, -0.15) is 0 Å². The van der Waals surface area contributed by atoms with Crippen LogP contribution in [0.5, 0.6) is 0 Å². The third kappa shape index (κ3) is 2.49. The van der Waals surface area contributed by atoms with Crippen LogP contribution in [0.25, 0.3) is 11.3 Å². The molecule has 0 atom stereocenters. The van der Waals surface area contributed by atoms with Gasteiger partial charge in [0.2, 0.25) is 0 Å². The van der Waals surface area contributed by atoms with Gasteiger partial charge in [-0.1, -0.05) is 0 Å². The van der Waals surface area contributed by atoms with Crippen molar-refractivity contribution in [1.82, 2.24) is 9.97 Å². The summed E-state index contributed by atoms with van der Waals surface area (Å²) in [6.45, 7) is 2.21. The number of aromatic amines is 1. The molecular weight excluding hydrogens is 224 g/mol. The van der Waals surface area contributed by atoms with Crippen molar-refractivity contribution in [3.63, 3.8) is 0 Å². The summed E-state index contributed by atoms with van der Waals surface area (Å²) >= 11 is 1.48. The highest BCUT2D eigenvalue weighted by atomic mass is 32.1. The molecule has 2 rings (SSSR count). The van der Waals surface area contributed by atoms with E-state index in [1.807, 2.05) is 23.8 Å². The Morgan fingerprint density at radius 3 is 3.19 bits per heavy atom. The van der Waals surface area contributed by atoms with Crippen molar-refractivity contribution in [2.24, 2.45) is 0 Å². The summed E-state index contributed by atoms with van der Waals surface area (Å²) in [5.41, 5.74) is 1.93. The first kappa shape index (κ1) is 10.9. The lowest BCUT2D eigenvalue weighted by Gasteiger charge is -1.97. The molecule has 0 fully saturated rings. The highest BCUT2D eigenvalue weighted by Gasteiger charge is 2.09. The van der Waals surface area contributed by atoms with E-state index in [9.17, 15) is 4.79 Å². The zero-order valence-corrected chi connectivity index (χ0v) is 9.71. The van der Waals surface area contributed by atoms with Gasteiger partial charge in [-0.3, -0.25) is 4.79 Å². The second kappa shape index (κ2) is 4.94. The average molecular weight is 236 g/mol. The molecule has 0 spiro atoms. The first-order chi connectivity index (χ1) is 7.79. The van der Waals surface area contributed by atoms with E-state index in [0.29, 0.717) is 6.61 Å². The minimum absolute atomic E-state index is 0.225. The normalized spacial score (nSPS) is 10.3. The van der Waals surface area contributed by atoms with Gasteiger partial charge in [0.25, 0.3) is 0 Å². The fourth-order valence-electron chi connectivity index (χ4n) is 1.34. The van der Waals surface area contributed by atoms with Gasteiger partial charge in [0.05, 0.1) is 18.7 Å². The topological polar surface area (TPSA) is 55.0 Å². The van der Waals surface area contributed by atoms with E-state index in [2.05, 4.69) is 9.97 Å². The molecule has 0 amide bonds. The molecule has 1 N–H and O–H groups in total. The fourth-order valence-corrected chi connectivity index (χ4v) is 2.13. The van der Waals surface area contributed by atoms with Crippen molar-refractivity contribution in [3.05, 3.63) is 28.8 Å². The van der Waals surface area contributed by atoms with Crippen molar-refractivity contribution < 1.29 is 9.53 Å². The molecule has 16 heavy (non-hydrogen) atoms. The Labute approximate surface area is 97.3 Å². The number of rotatable bonds is 4. The number of nitrogens with zero attached hydrogens (tertiary/aromatic N) is 1. The summed E-state index contributed by atoms with van der Waals surface area (Å²) in [4.78, 5) is 18.6. The third-order valence-corrected chi connectivity index (χ3v) is 2.90. The van der Waals surface area contributed by atoms with Crippen LogP contribution in [0.2, 0.25) is 0 Å². The summed E-state index contributed by atoms with van der Waals surface area (Å²) in [5.74, 6) is -0.225. The Kier molecular flexibility index (Phi) is 3.36. The summed E-state index contributed by atoms with van der Waals surface area (Å²) in [7, 11) is 0. The van der Waals surface area contributed by atoms with E-state index in [4.69, 9.17) is 4.74 Å². The number of hydrogen-bond acceptors (Lipinski definition) is 4. The minimum Gasteiger partial charge on any atom is -0.466 e. The van der Waals surface area contributed by atoms with E-state index < -0.39 is 0 Å². The number of nitrogens with one attached hydrogen (secondary N) is 1. The van der Waals surface area contributed by atoms with Crippen molar-refractivity contribution >= 4 is 17.3 Å². The molecule has 0 saturated heterocycles. The third-order valence-electron chi connectivity index (χ3n) is 2.05. The molecule has 0 aliphatic carbocycles.